The number of carbonyl (C=O) groups is 2. The molecule has 0 aliphatic rings. The molecular formula is C23H29ClN2O2. The molecule has 0 spiro atoms. The van der Waals surface area contributed by atoms with E-state index in [9.17, 15) is 9.59 Å². The Kier molecular flexibility index (Phi) is 8.06. The summed E-state index contributed by atoms with van der Waals surface area (Å²) >= 11 is 5.97. The Labute approximate surface area is 172 Å². The fourth-order valence-corrected chi connectivity index (χ4v) is 3.06. The predicted octanol–water partition coefficient (Wildman–Crippen LogP) is 4.52. The van der Waals surface area contributed by atoms with Crippen molar-refractivity contribution in [3.8, 4) is 0 Å². The highest BCUT2D eigenvalue weighted by Gasteiger charge is 2.26. The molecule has 4 nitrogen and oxygen atoms in total. The van der Waals surface area contributed by atoms with Gasteiger partial charge < -0.3 is 10.2 Å². The topological polar surface area (TPSA) is 49.4 Å². The average Bonchev–Trinajstić information content (AvgIpc) is 2.66. The van der Waals surface area contributed by atoms with Crippen LogP contribution in [0.3, 0.4) is 0 Å². The molecule has 1 N–H and O–H groups in total. The zero-order chi connectivity index (χ0) is 20.7. The minimum Gasteiger partial charge on any atom is -0.352 e. The quantitative estimate of drug-likeness (QED) is 0.708. The molecule has 0 aliphatic carbocycles. The van der Waals surface area contributed by atoms with E-state index in [4.69, 9.17) is 11.6 Å². The third kappa shape index (κ3) is 6.38. The Bertz CT molecular complexity index is 805. The van der Waals surface area contributed by atoms with Gasteiger partial charge >= 0.3 is 0 Å². The molecule has 150 valence electrons. The molecule has 0 saturated carbocycles. The maximum atomic E-state index is 13.1. The second-order valence-electron chi connectivity index (χ2n) is 7.31. The second-order valence-corrected chi connectivity index (χ2v) is 7.74. The third-order valence-electron chi connectivity index (χ3n) is 4.87. The van der Waals surface area contributed by atoms with Crippen LogP contribution in [0, 0.1) is 6.92 Å². The molecule has 0 bridgehead atoms. The Morgan fingerprint density at radius 3 is 2.36 bits per heavy atom. The van der Waals surface area contributed by atoms with E-state index in [0.717, 1.165) is 23.1 Å². The van der Waals surface area contributed by atoms with E-state index >= 15 is 0 Å². The number of aryl methyl sites for hydroxylation is 1. The van der Waals surface area contributed by atoms with E-state index in [1.807, 2.05) is 57.2 Å². The lowest BCUT2D eigenvalue weighted by Crippen LogP contribution is -2.49. The van der Waals surface area contributed by atoms with Crippen LogP contribution < -0.4 is 5.32 Å². The molecule has 2 aromatic carbocycles. The van der Waals surface area contributed by atoms with Crippen LogP contribution in [0.2, 0.25) is 5.02 Å². The Hall–Kier alpha value is -2.33. The minimum atomic E-state index is -0.568. The summed E-state index contributed by atoms with van der Waals surface area (Å²) < 4.78 is 0. The van der Waals surface area contributed by atoms with Crippen LogP contribution in [0.25, 0.3) is 0 Å². The minimum absolute atomic E-state index is 0.0687. The third-order valence-corrected chi connectivity index (χ3v) is 5.12. The van der Waals surface area contributed by atoms with Gasteiger partial charge in [-0.2, -0.15) is 0 Å². The van der Waals surface area contributed by atoms with E-state index in [-0.39, 0.29) is 24.3 Å². The number of nitrogens with zero attached hydrogens (tertiary/aromatic N) is 1. The molecule has 0 aliphatic heterocycles. The summed E-state index contributed by atoms with van der Waals surface area (Å²) in [7, 11) is 0. The average molecular weight is 401 g/mol. The van der Waals surface area contributed by atoms with Gasteiger partial charge in [-0.3, -0.25) is 9.59 Å². The summed E-state index contributed by atoms with van der Waals surface area (Å²) in [5.41, 5.74) is 2.99. The maximum Gasteiger partial charge on any atom is 0.242 e. The molecular weight excluding hydrogens is 372 g/mol. The molecule has 2 amide bonds. The summed E-state index contributed by atoms with van der Waals surface area (Å²) in [5, 5.41) is 3.62. The van der Waals surface area contributed by atoms with Crippen molar-refractivity contribution in [3.05, 3.63) is 70.2 Å². The van der Waals surface area contributed by atoms with Crippen molar-refractivity contribution in [1.29, 1.82) is 0 Å². The van der Waals surface area contributed by atoms with Crippen LogP contribution in [-0.2, 0) is 22.6 Å². The SMILES string of the molecule is CC[C@H](C)NC(=O)[C@@H](C)N(Cc1ccc(Cl)cc1)C(=O)Cc1cccc(C)c1. The zero-order valence-electron chi connectivity index (χ0n) is 17.0. The van der Waals surface area contributed by atoms with Crippen molar-refractivity contribution in [1.82, 2.24) is 10.2 Å². The van der Waals surface area contributed by atoms with Gasteiger partial charge in [-0.25, -0.2) is 0 Å². The molecule has 5 heteroatoms. The van der Waals surface area contributed by atoms with Crippen molar-refractivity contribution in [3.63, 3.8) is 0 Å². The van der Waals surface area contributed by atoms with Crippen molar-refractivity contribution in [2.45, 2.75) is 59.2 Å². The lowest BCUT2D eigenvalue weighted by Gasteiger charge is -2.30. The van der Waals surface area contributed by atoms with Crippen molar-refractivity contribution >= 4 is 23.4 Å². The number of hydrogen-bond donors (Lipinski definition) is 1. The summed E-state index contributed by atoms with van der Waals surface area (Å²) in [5.74, 6) is -0.215. The maximum absolute atomic E-state index is 13.1. The highest BCUT2D eigenvalue weighted by atomic mass is 35.5. The fraction of sp³-hybridized carbons (Fsp3) is 0.391. The lowest BCUT2D eigenvalue weighted by atomic mass is 10.1. The summed E-state index contributed by atoms with van der Waals surface area (Å²) in [6.07, 6.45) is 1.10. The fourth-order valence-electron chi connectivity index (χ4n) is 2.93. The Morgan fingerprint density at radius 1 is 1.07 bits per heavy atom. The highest BCUT2D eigenvalue weighted by molar-refractivity contribution is 6.30. The molecule has 0 heterocycles. The van der Waals surface area contributed by atoms with Crippen LogP contribution >= 0.6 is 11.6 Å². The van der Waals surface area contributed by atoms with E-state index in [0.29, 0.717) is 11.6 Å². The van der Waals surface area contributed by atoms with Gasteiger partial charge in [0.2, 0.25) is 11.8 Å². The van der Waals surface area contributed by atoms with E-state index in [2.05, 4.69) is 5.32 Å². The Morgan fingerprint density at radius 2 is 1.75 bits per heavy atom. The van der Waals surface area contributed by atoms with Crippen LogP contribution in [0.5, 0.6) is 0 Å². The Balaban J connectivity index is 2.22. The van der Waals surface area contributed by atoms with Gasteiger partial charge in [0.15, 0.2) is 0 Å². The molecule has 2 aromatic rings. The first-order valence-corrected chi connectivity index (χ1v) is 10.1. The molecule has 0 radical (unpaired) electrons. The second kappa shape index (κ2) is 10.3. The normalized spacial score (nSPS) is 12.9. The van der Waals surface area contributed by atoms with Crippen molar-refractivity contribution in [2.24, 2.45) is 0 Å². The largest absolute Gasteiger partial charge is 0.352 e. The van der Waals surface area contributed by atoms with E-state index in [1.54, 1.807) is 24.0 Å². The number of rotatable bonds is 8. The van der Waals surface area contributed by atoms with E-state index < -0.39 is 6.04 Å². The van der Waals surface area contributed by atoms with Gasteiger partial charge in [0, 0.05) is 17.6 Å². The van der Waals surface area contributed by atoms with Gasteiger partial charge in [0.05, 0.1) is 6.42 Å². The summed E-state index contributed by atoms with van der Waals surface area (Å²) in [6, 6.07) is 14.7. The molecule has 28 heavy (non-hydrogen) atoms. The van der Waals surface area contributed by atoms with Crippen LogP contribution in [0.15, 0.2) is 48.5 Å². The van der Waals surface area contributed by atoms with Crippen molar-refractivity contribution in [2.75, 3.05) is 0 Å². The molecule has 2 rings (SSSR count). The first kappa shape index (κ1) is 22.0. The zero-order valence-corrected chi connectivity index (χ0v) is 17.8. The van der Waals surface area contributed by atoms with Gasteiger partial charge in [-0.15, -0.1) is 0 Å². The first-order valence-electron chi connectivity index (χ1n) is 9.70. The number of carbonyl (C=O) groups excluding carboxylic acids is 2. The number of nitrogens with one attached hydrogen (secondary N) is 1. The van der Waals surface area contributed by atoms with Gasteiger partial charge in [-0.05, 0) is 50.5 Å². The monoisotopic (exact) mass is 400 g/mol. The predicted molar refractivity (Wildman–Crippen MR) is 114 cm³/mol. The van der Waals surface area contributed by atoms with Crippen LogP contribution in [0.4, 0.5) is 0 Å². The number of hydrogen-bond acceptors (Lipinski definition) is 2. The van der Waals surface area contributed by atoms with Gasteiger partial charge in [0.25, 0.3) is 0 Å². The molecule has 0 unspecified atom stereocenters. The smallest absolute Gasteiger partial charge is 0.242 e. The number of benzene rings is 2. The number of halogens is 1. The molecule has 2 atom stereocenters. The lowest BCUT2D eigenvalue weighted by molar-refractivity contribution is -0.140. The van der Waals surface area contributed by atoms with Crippen molar-refractivity contribution < 1.29 is 9.59 Å². The van der Waals surface area contributed by atoms with Gasteiger partial charge in [-0.1, -0.05) is 60.5 Å². The van der Waals surface area contributed by atoms with Crippen LogP contribution in [0.1, 0.15) is 43.9 Å². The standard InChI is InChI=1S/C23H29ClN2O2/c1-5-17(3)25-23(28)18(4)26(15-19-9-11-21(24)12-10-19)22(27)14-20-8-6-7-16(2)13-20/h6-13,17-18H,5,14-15H2,1-4H3,(H,25,28)/t17-,18+/m0/s1. The molecule has 0 aromatic heterocycles. The highest BCUT2D eigenvalue weighted by Crippen LogP contribution is 2.16. The first-order chi connectivity index (χ1) is 13.3. The van der Waals surface area contributed by atoms with E-state index in [1.165, 1.54) is 0 Å². The number of amides is 2. The summed E-state index contributed by atoms with van der Waals surface area (Å²) in [6.45, 7) is 8.12. The molecule has 0 fully saturated rings. The summed E-state index contributed by atoms with van der Waals surface area (Å²) in [4.78, 5) is 27.4. The van der Waals surface area contributed by atoms with Crippen LogP contribution in [-0.4, -0.2) is 28.8 Å². The van der Waals surface area contributed by atoms with Gasteiger partial charge in [0.1, 0.15) is 6.04 Å². The molecule has 0 saturated heterocycles.